The molecule has 1 aromatic heterocycles. The van der Waals surface area contributed by atoms with Gasteiger partial charge in [0.25, 0.3) is 5.91 Å². The topological polar surface area (TPSA) is 114 Å². The largest absolute Gasteiger partial charge is 0.382 e. The van der Waals surface area contributed by atoms with Crippen LogP contribution in [0.3, 0.4) is 0 Å². The highest BCUT2D eigenvalue weighted by atomic mass is 16.5. The molecular weight excluding hydrogens is 518 g/mol. The molecule has 1 aliphatic heterocycles. The molecule has 4 fully saturated rings. The molecule has 3 saturated carbocycles. The van der Waals surface area contributed by atoms with Gasteiger partial charge in [-0.1, -0.05) is 25.5 Å². The van der Waals surface area contributed by atoms with Gasteiger partial charge >= 0.3 is 0 Å². The Morgan fingerprint density at radius 3 is 2.49 bits per heavy atom. The number of nitrogens with one attached hydrogen (secondary N) is 3. The summed E-state index contributed by atoms with van der Waals surface area (Å²) in [6.45, 7) is 4.09. The average Bonchev–Trinajstić information content (AvgIpc) is 3.89. The molecule has 2 heterocycles. The highest BCUT2D eigenvalue weighted by Crippen LogP contribution is 2.53. The predicted molar refractivity (Wildman–Crippen MR) is 155 cm³/mol. The van der Waals surface area contributed by atoms with Crippen LogP contribution in [-0.4, -0.2) is 59.7 Å². The number of amides is 2. The molecule has 0 spiro atoms. The highest BCUT2D eigenvalue weighted by Gasteiger charge is 2.54. The Bertz CT molecular complexity index is 1280. The van der Waals surface area contributed by atoms with Crippen LogP contribution in [0.15, 0.2) is 36.5 Å². The molecule has 1 saturated heterocycles. The minimum atomic E-state index is -1.05. The van der Waals surface area contributed by atoms with Gasteiger partial charge < -0.3 is 25.5 Å². The van der Waals surface area contributed by atoms with Crippen molar-refractivity contribution in [3.05, 3.63) is 47.8 Å². The minimum Gasteiger partial charge on any atom is -0.382 e. The number of hydrogen-bond acceptors (Lipinski definition) is 6. The Morgan fingerprint density at radius 2 is 1.93 bits per heavy atom. The third-order valence-corrected chi connectivity index (χ3v) is 10.2. The number of ether oxygens (including phenoxy) is 1. The molecule has 220 valence electrons. The first kappa shape index (κ1) is 27.9. The van der Waals surface area contributed by atoms with Crippen molar-refractivity contribution in [2.45, 2.75) is 69.2 Å². The van der Waals surface area contributed by atoms with Crippen molar-refractivity contribution in [3.8, 4) is 0 Å². The number of carbonyl (C=O) groups is 3. The Morgan fingerprint density at radius 1 is 1.17 bits per heavy atom. The molecule has 4 aliphatic rings. The smallest absolute Gasteiger partial charge is 0.270 e. The van der Waals surface area contributed by atoms with Gasteiger partial charge in [-0.05, 0) is 91.9 Å². The number of anilines is 1. The van der Waals surface area contributed by atoms with Crippen LogP contribution in [0.1, 0.15) is 74.3 Å². The van der Waals surface area contributed by atoms with Crippen LogP contribution in [-0.2, 0) is 26.8 Å². The first-order valence-electron chi connectivity index (χ1n) is 15.2. The molecule has 41 heavy (non-hydrogen) atoms. The van der Waals surface area contributed by atoms with E-state index in [0.717, 1.165) is 56.1 Å². The van der Waals surface area contributed by atoms with Crippen molar-refractivity contribution < 1.29 is 19.1 Å². The molecule has 3 N–H and O–H groups in total. The molecule has 0 bridgehead atoms. The number of aryl methyl sites for hydroxylation is 1. The Kier molecular flexibility index (Phi) is 7.42. The number of aromatic nitrogens is 2. The number of rotatable bonds is 13. The molecule has 3 aliphatic carbocycles. The zero-order chi connectivity index (χ0) is 28.7. The van der Waals surface area contributed by atoms with Crippen LogP contribution < -0.4 is 16.0 Å². The normalized spacial score (nSPS) is 24.8. The first-order chi connectivity index (χ1) is 19.8. The van der Waals surface area contributed by atoms with E-state index >= 15 is 0 Å². The van der Waals surface area contributed by atoms with Crippen LogP contribution in [0.25, 0.3) is 0 Å². The summed E-state index contributed by atoms with van der Waals surface area (Å²) < 4.78 is 7.32. The molecule has 9 nitrogen and oxygen atoms in total. The van der Waals surface area contributed by atoms with E-state index in [1.165, 1.54) is 11.1 Å². The summed E-state index contributed by atoms with van der Waals surface area (Å²) >= 11 is 0. The summed E-state index contributed by atoms with van der Waals surface area (Å²) in [6, 6.07) is 9.60. The van der Waals surface area contributed by atoms with E-state index in [0.29, 0.717) is 43.7 Å². The summed E-state index contributed by atoms with van der Waals surface area (Å²) in [5.41, 5.74) is 0.555. The molecule has 0 radical (unpaired) electrons. The van der Waals surface area contributed by atoms with Gasteiger partial charge in [-0.25, -0.2) is 0 Å². The van der Waals surface area contributed by atoms with Crippen molar-refractivity contribution in [1.29, 1.82) is 0 Å². The van der Waals surface area contributed by atoms with Crippen LogP contribution in [0.5, 0.6) is 0 Å². The second-order valence-corrected chi connectivity index (χ2v) is 13.3. The zero-order valence-electron chi connectivity index (χ0n) is 24.3. The first-order valence-corrected chi connectivity index (χ1v) is 15.2. The van der Waals surface area contributed by atoms with E-state index < -0.39 is 11.0 Å². The van der Waals surface area contributed by atoms with Gasteiger partial charge in [0.2, 0.25) is 5.91 Å². The van der Waals surface area contributed by atoms with Crippen molar-refractivity contribution in [2.24, 2.45) is 30.2 Å². The van der Waals surface area contributed by atoms with Crippen molar-refractivity contribution in [1.82, 2.24) is 20.4 Å². The molecule has 1 aromatic carbocycles. The molecule has 6 rings (SSSR count). The molecule has 2 unspecified atom stereocenters. The third-order valence-electron chi connectivity index (χ3n) is 10.2. The number of hydrogen-bond donors (Lipinski definition) is 3. The second kappa shape index (κ2) is 10.9. The fourth-order valence-corrected chi connectivity index (χ4v) is 7.10. The SMILES string of the molecule is Cn1nccc1C(=O)NC(C=O)(CNc1cccc(C2(C(=O)NCC3(C)CCC3)CCOC2)c1)C(C1CC1)C1CC1. The maximum Gasteiger partial charge on any atom is 0.270 e. The lowest BCUT2D eigenvalue weighted by molar-refractivity contribution is -0.127. The summed E-state index contributed by atoms with van der Waals surface area (Å²) in [5.74, 6) is 0.688. The molecule has 2 aromatic rings. The minimum absolute atomic E-state index is 0.0217. The number of aldehydes is 1. The number of carbonyl (C=O) groups excluding carboxylic acids is 3. The lowest BCUT2D eigenvalue weighted by atomic mass is 9.70. The fourth-order valence-electron chi connectivity index (χ4n) is 7.10. The Balaban J connectivity index is 1.23. The van der Waals surface area contributed by atoms with Gasteiger partial charge in [0.15, 0.2) is 0 Å². The second-order valence-electron chi connectivity index (χ2n) is 13.3. The van der Waals surface area contributed by atoms with Gasteiger partial charge in [0.05, 0.1) is 12.0 Å². The van der Waals surface area contributed by atoms with Crippen molar-refractivity contribution in [3.63, 3.8) is 0 Å². The highest BCUT2D eigenvalue weighted by molar-refractivity contribution is 5.95. The molecule has 2 amide bonds. The Hall–Kier alpha value is -3.20. The van der Waals surface area contributed by atoms with Gasteiger partial charge in [-0.15, -0.1) is 0 Å². The molecular formula is C32H43N5O4. The standard InChI is InChI=1S/C32H43N5O4/c1-30(12-4-13-30)18-34-29(40)31(14-16-41-21-31)24-5-3-6-25(17-24)33-19-32(20-38,27(22-7-8-22)23-9-10-23)36-28(39)26-11-15-35-37(26)2/h3,5-6,11,15,17,20,22-23,27,33H,4,7-10,12-14,16,18-19,21H2,1-2H3,(H,34,40)(H,36,39). The van der Waals surface area contributed by atoms with E-state index in [4.69, 9.17) is 4.74 Å². The quantitative estimate of drug-likeness (QED) is 0.322. The third kappa shape index (κ3) is 5.53. The molecule has 9 heteroatoms. The maximum absolute atomic E-state index is 13.6. The van der Waals surface area contributed by atoms with Crippen LogP contribution in [0, 0.1) is 23.2 Å². The fraction of sp³-hybridized carbons (Fsp3) is 0.625. The summed E-state index contributed by atoms with van der Waals surface area (Å²) in [4.78, 5) is 40.0. The van der Waals surface area contributed by atoms with Gasteiger partial charge in [-0.3, -0.25) is 14.3 Å². The maximum atomic E-state index is 13.6. The lowest BCUT2D eigenvalue weighted by Crippen LogP contribution is -2.61. The van der Waals surface area contributed by atoms with E-state index in [1.54, 1.807) is 19.3 Å². The van der Waals surface area contributed by atoms with Crippen molar-refractivity contribution >= 4 is 23.8 Å². The van der Waals surface area contributed by atoms with E-state index in [1.807, 2.05) is 24.3 Å². The monoisotopic (exact) mass is 561 g/mol. The Labute approximate surface area is 242 Å². The van der Waals surface area contributed by atoms with Gasteiger partial charge in [-0.2, -0.15) is 5.10 Å². The van der Waals surface area contributed by atoms with E-state index in [-0.39, 0.29) is 29.7 Å². The number of nitrogens with zero attached hydrogens (tertiary/aromatic N) is 2. The summed E-state index contributed by atoms with van der Waals surface area (Å²) in [7, 11) is 1.73. The van der Waals surface area contributed by atoms with Crippen LogP contribution in [0.4, 0.5) is 5.69 Å². The van der Waals surface area contributed by atoms with E-state index in [2.05, 4.69) is 28.0 Å². The van der Waals surface area contributed by atoms with Gasteiger partial charge in [0.1, 0.15) is 17.5 Å². The molecule has 2 atom stereocenters. The summed E-state index contributed by atoms with van der Waals surface area (Å²) in [5, 5.41) is 14.0. The average molecular weight is 562 g/mol. The van der Waals surface area contributed by atoms with E-state index in [9.17, 15) is 14.4 Å². The van der Waals surface area contributed by atoms with Crippen LogP contribution >= 0.6 is 0 Å². The predicted octanol–water partition coefficient (Wildman–Crippen LogP) is 3.60. The van der Waals surface area contributed by atoms with Crippen molar-refractivity contribution in [2.75, 3.05) is 31.6 Å². The van der Waals surface area contributed by atoms with Crippen LogP contribution in [0.2, 0.25) is 0 Å². The number of benzene rings is 1. The lowest BCUT2D eigenvalue weighted by Gasteiger charge is -2.39. The zero-order valence-corrected chi connectivity index (χ0v) is 24.3. The summed E-state index contributed by atoms with van der Waals surface area (Å²) in [6.07, 6.45) is 11.0. The van der Waals surface area contributed by atoms with Gasteiger partial charge in [0, 0.05) is 38.6 Å².